The number of likely N-dealkylation sites (N-methyl/N-ethyl adjacent to an activating group) is 1. The fourth-order valence-electron chi connectivity index (χ4n) is 3.47. The Labute approximate surface area is 178 Å². The quantitative estimate of drug-likeness (QED) is 0.752. The lowest BCUT2D eigenvalue weighted by Gasteiger charge is -2.34. The molecular weight excluding hydrogens is 386 g/mol. The molecule has 2 aromatic rings. The van der Waals surface area contributed by atoms with Crippen LogP contribution in [0.5, 0.6) is 5.75 Å². The number of anilines is 2. The van der Waals surface area contributed by atoms with Crippen molar-refractivity contribution in [3.05, 3.63) is 52.5 Å². The molecule has 1 aliphatic heterocycles. The van der Waals surface area contributed by atoms with Gasteiger partial charge in [0.1, 0.15) is 5.75 Å². The molecule has 0 aromatic heterocycles. The van der Waals surface area contributed by atoms with E-state index in [1.807, 2.05) is 25.1 Å². The van der Waals surface area contributed by atoms with Gasteiger partial charge in [0.25, 0.3) is 5.91 Å². The lowest BCUT2D eigenvalue weighted by molar-refractivity contribution is -0.118. The summed E-state index contributed by atoms with van der Waals surface area (Å²) in [4.78, 5) is 17.0. The van der Waals surface area contributed by atoms with Gasteiger partial charge in [-0.15, -0.1) is 0 Å². The number of aryl methyl sites for hydroxylation is 1. The van der Waals surface area contributed by atoms with Gasteiger partial charge in [0, 0.05) is 31.9 Å². The molecule has 1 amide bonds. The Morgan fingerprint density at radius 3 is 2.52 bits per heavy atom. The normalized spacial score (nSPS) is 14.9. The molecule has 3 rings (SSSR count). The maximum Gasteiger partial charge on any atom is 0.262 e. The summed E-state index contributed by atoms with van der Waals surface area (Å²) in [7, 11) is 2.13. The maximum atomic E-state index is 12.4. The molecular formula is C23H30ClN3O2. The number of halogens is 1. The van der Waals surface area contributed by atoms with E-state index in [9.17, 15) is 4.79 Å². The molecule has 2 aromatic carbocycles. The molecule has 1 heterocycles. The maximum absolute atomic E-state index is 12.4. The van der Waals surface area contributed by atoms with Gasteiger partial charge in [-0.05, 0) is 55.3 Å². The lowest BCUT2D eigenvalue weighted by Crippen LogP contribution is -2.44. The minimum atomic E-state index is -0.204. The van der Waals surface area contributed by atoms with Gasteiger partial charge in [0.15, 0.2) is 6.61 Å². The Kier molecular flexibility index (Phi) is 7.04. The summed E-state index contributed by atoms with van der Waals surface area (Å²) >= 11 is 6.49. The van der Waals surface area contributed by atoms with Gasteiger partial charge in [-0.1, -0.05) is 37.6 Å². The molecule has 0 unspecified atom stereocenters. The van der Waals surface area contributed by atoms with Crippen LogP contribution in [0.3, 0.4) is 0 Å². The number of nitrogens with one attached hydrogen (secondary N) is 1. The summed E-state index contributed by atoms with van der Waals surface area (Å²) in [6.45, 7) is 10.1. The first-order valence-electron chi connectivity index (χ1n) is 10.1. The van der Waals surface area contributed by atoms with Crippen LogP contribution in [0.4, 0.5) is 11.4 Å². The number of hydrogen-bond acceptors (Lipinski definition) is 4. The minimum Gasteiger partial charge on any atom is -0.483 e. The predicted octanol–water partition coefficient (Wildman–Crippen LogP) is 4.54. The molecule has 6 heteroatoms. The zero-order chi connectivity index (χ0) is 21.0. The Hall–Kier alpha value is -2.24. The number of benzene rings is 2. The van der Waals surface area contributed by atoms with Crippen LogP contribution < -0.4 is 15.0 Å². The molecule has 0 saturated carbocycles. The van der Waals surface area contributed by atoms with Crippen LogP contribution in [-0.4, -0.2) is 50.6 Å². The Bertz CT molecular complexity index is 861. The number of ether oxygens (including phenoxy) is 1. The van der Waals surface area contributed by atoms with E-state index in [0.29, 0.717) is 16.6 Å². The van der Waals surface area contributed by atoms with Gasteiger partial charge < -0.3 is 19.9 Å². The van der Waals surface area contributed by atoms with Gasteiger partial charge in [0.05, 0.1) is 10.7 Å². The molecule has 0 bridgehead atoms. The van der Waals surface area contributed by atoms with E-state index in [-0.39, 0.29) is 12.5 Å². The highest BCUT2D eigenvalue weighted by atomic mass is 35.5. The topological polar surface area (TPSA) is 44.8 Å². The molecule has 1 N–H and O–H groups in total. The molecule has 1 aliphatic rings. The lowest BCUT2D eigenvalue weighted by atomic mass is 10.0. The van der Waals surface area contributed by atoms with Crippen molar-refractivity contribution in [1.82, 2.24) is 4.90 Å². The molecule has 0 atom stereocenters. The van der Waals surface area contributed by atoms with E-state index in [2.05, 4.69) is 48.1 Å². The summed E-state index contributed by atoms with van der Waals surface area (Å²) < 4.78 is 5.81. The summed E-state index contributed by atoms with van der Waals surface area (Å²) in [5, 5.41) is 3.53. The Morgan fingerprint density at radius 2 is 1.86 bits per heavy atom. The first-order valence-corrected chi connectivity index (χ1v) is 10.5. The van der Waals surface area contributed by atoms with E-state index in [1.165, 1.54) is 0 Å². The van der Waals surface area contributed by atoms with E-state index < -0.39 is 0 Å². The highest BCUT2D eigenvalue weighted by molar-refractivity contribution is 6.33. The van der Waals surface area contributed by atoms with Crippen LogP contribution in [-0.2, 0) is 4.79 Å². The van der Waals surface area contributed by atoms with Crippen molar-refractivity contribution >= 4 is 28.9 Å². The average molecular weight is 416 g/mol. The fourth-order valence-corrected chi connectivity index (χ4v) is 3.77. The van der Waals surface area contributed by atoms with Crippen LogP contribution in [0.2, 0.25) is 5.02 Å². The molecule has 1 fully saturated rings. The highest BCUT2D eigenvalue weighted by Gasteiger charge is 2.17. The molecule has 156 valence electrons. The summed E-state index contributed by atoms with van der Waals surface area (Å²) in [6.07, 6.45) is 0. The van der Waals surface area contributed by atoms with Gasteiger partial charge in [-0.2, -0.15) is 0 Å². The minimum absolute atomic E-state index is 0.0407. The van der Waals surface area contributed by atoms with Crippen molar-refractivity contribution in [2.24, 2.45) is 0 Å². The van der Waals surface area contributed by atoms with Crippen LogP contribution >= 0.6 is 11.6 Å². The van der Waals surface area contributed by atoms with E-state index >= 15 is 0 Å². The van der Waals surface area contributed by atoms with Gasteiger partial charge >= 0.3 is 0 Å². The average Bonchev–Trinajstić information content (AvgIpc) is 2.67. The van der Waals surface area contributed by atoms with Crippen molar-refractivity contribution in [1.29, 1.82) is 0 Å². The third-order valence-electron chi connectivity index (χ3n) is 5.23. The third-order valence-corrected chi connectivity index (χ3v) is 5.53. The second kappa shape index (κ2) is 9.51. The van der Waals surface area contributed by atoms with E-state index in [0.717, 1.165) is 48.7 Å². The number of carbonyl (C=O) groups is 1. The van der Waals surface area contributed by atoms with Gasteiger partial charge in [0.2, 0.25) is 0 Å². The number of rotatable bonds is 6. The predicted molar refractivity (Wildman–Crippen MR) is 121 cm³/mol. The number of amides is 1. The second-order valence-electron chi connectivity index (χ2n) is 7.99. The zero-order valence-electron chi connectivity index (χ0n) is 17.7. The fraction of sp³-hybridized carbons (Fsp3) is 0.435. The SMILES string of the molecule is Cc1ccc(C(C)C)c(OCC(=O)Nc2ccc(N3CCN(C)CC3)c(Cl)c2)c1. The van der Waals surface area contributed by atoms with Gasteiger partial charge in [-0.25, -0.2) is 0 Å². The van der Waals surface area contributed by atoms with Crippen LogP contribution in [0.1, 0.15) is 30.9 Å². The highest BCUT2D eigenvalue weighted by Crippen LogP contribution is 2.30. The first-order chi connectivity index (χ1) is 13.8. The summed E-state index contributed by atoms with van der Waals surface area (Å²) in [5.41, 5.74) is 3.89. The summed E-state index contributed by atoms with van der Waals surface area (Å²) in [5.74, 6) is 0.887. The molecule has 0 radical (unpaired) electrons. The zero-order valence-corrected chi connectivity index (χ0v) is 18.4. The summed E-state index contributed by atoms with van der Waals surface area (Å²) in [6, 6.07) is 11.8. The standard InChI is InChI=1S/C23H30ClN3O2/c1-16(2)19-7-5-17(3)13-22(19)29-15-23(28)25-18-6-8-21(20(24)14-18)27-11-9-26(4)10-12-27/h5-8,13-14,16H,9-12,15H2,1-4H3,(H,25,28). The molecule has 5 nitrogen and oxygen atoms in total. The molecule has 0 spiro atoms. The molecule has 29 heavy (non-hydrogen) atoms. The van der Waals surface area contributed by atoms with Gasteiger partial charge in [-0.3, -0.25) is 4.79 Å². The number of piperazine rings is 1. The largest absolute Gasteiger partial charge is 0.483 e. The van der Waals surface area contributed by atoms with Crippen molar-refractivity contribution in [2.75, 3.05) is 50.1 Å². The van der Waals surface area contributed by atoms with Crippen LogP contribution in [0.25, 0.3) is 0 Å². The van der Waals surface area contributed by atoms with Crippen LogP contribution in [0, 0.1) is 6.92 Å². The molecule has 1 saturated heterocycles. The third kappa shape index (κ3) is 5.64. The Morgan fingerprint density at radius 1 is 1.14 bits per heavy atom. The monoisotopic (exact) mass is 415 g/mol. The second-order valence-corrected chi connectivity index (χ2v) is 8.40. The Balaban J connectivity index is 1.60. The molecule has 0 aliphatic carbocycles. The van der Waals surface area contributed by atoms with Crippen molar-refractivity contribution in [3.63, 3.8) is 0 Å². The number of nitrogens with zero attached hydrogens (tertiary/aromatic N) is 2. The number of hydrogen-bond donors (Lipinski definition) is 1. The van der Waals surface area contributed by atoms with Crippen molar-refractivity contribution in [2.45, 2.75) is 26.7 Å². The first kappa shape index (κ1) is 21.5. The van der Waals surface area contributed by atoms with E-state index in [1.54, 1.807) is 6.07 Å². The van der Waals surface area contributed by atoms with Crippen molar-refractivity contribution in [3.8, 4) is 5.75 Å². The van der Waals surface area contributed by atoms with Crippen LogP contribution in [0.15, 0.2) is 36.4 Å². The van der Waals surface area contributed by atoms with Crippen molar-refractivity contribution < 1.29 is 9.53 Å². The van der Waals surface area contributed by atoms with E-state index in [4.69, 9.17) is 16.3 Å². The smallest absolute Gasteiger partial charge is 0.262 e. The number of carbonyl (C=O) groups excluding carboxylic acids is 1.